The van der Waals surface area contributed by atoms with Crippen LogP contribution in [-0.4, -0.2) is 39.9 Å². The van der Waals surface area contributed by atoms with Crippen LogP contribution in [-0.2, 0) is 23.0 Å². The third-order valence-electron chi connectivity index (χ3n) is 4.07. The van der Waals surface area contributed by atoms with Crippen LogP contribution in [0.1, 0.15) is 24.8 Å². The van der Waals surface area contributed by atoms with Crippen LogP contribution in [0.5, 0.6) is 0 Å². The highest BCUT2D eigenvalue weighted by molar-refractivity contribution is 5.93. The number of pyridine rings is 1. The van der Waals surface area contributed by atoms with Gasteiger partial charge in [-0.25, -0.2) is 0 Å². The number of aromatic nitrogens is 3. The molecule has 0 radical (unpaired) electrons. The van der Waals surface area contributed by atoms with E-state index in [1.807, 2.05) is 36.5 Å². The molecule has 0 N–H and O–H groups in total. The van der Waals surface area contributed by atoms with Gasteiger partial charge in [-0.05, 0) is 37.0 Å². The third-order valence-corrected chi connectivity index (χ3v) is 4.07. The van der Waals surface area contributed by atoms with Crippen LogP contribution in [0.25, 0.3) is 0 Å². The monoisotopic (exact) mass is 314 g/mol. The summed E-state index contributed by atoms with van der Waals surface area (Å²) < 4.78 is 7.46. The van der Waals surface area contributed by atoms with Crippen LogP contribution < -0.4 is 4.90 Å². The molecule has 23 heavy (non-hydrogen) atoms. The van der Waals surface area contributed by atoms with Crippen molar-refractivity contribution >= 4 is 11.6 Å². The number of carbonyl (C=O) groups excluding carboxylic acids is 1. The Hall–Kier alpha value is -2.21. The molecule has 1 aliphatic heterocycles. The van der Waals surface area contributed by atoms with E-state index in [0.717, 1.165) is 30.7 Å². The van der Waals surface area contributed by atoms with Crippen molar-refractivity contribution in [2.45, 2.75) is 31.8 Å². The van der Waals surface area contributed by atoms with E-state index >= 15 is 0 Å². The van der Waals surface area contributed by atoms with Crippen LogP contribution in [0.3, 0.4) is 0 Å². The van der Waals surface area contributed by atoms with Crippen molar-refractivity contribution in [1.82, 2.24) is 14.8 Å². The van der Waals surface area contributed by atoms with Crippen molar-refractivity contribution in [2.24, 2.45) is 7.05 Å². The molecular weight excluding hydrogens is 292 g/mol. The van der Waals surface area contributed by atoms with E-state index in [4.69, 9.17) is 4.74 Å². The minimum absolute atomic E-state index is 0.107. The zero-order valence-electron chi connectivity index (χ0n) is 13.4. The minimum Gasteiger partial charge on any atom is -0.376 e. The van der Waals surface area contributed by atoms with Gasteiger partial charge in [0.15, 0.2) is 0 Å². The van der Waals surface area contributed by atoms with Crippen molar-refractivity contribution in [3.8, 4) is 0 Å². The Labute approximate surface area is 136 Å². The fourth-order valence-electron chi connectivity index (χ4n) is 2.85. The number of carbonyl (C=O) groups is 1. The van der Waals surface area contributed by atoms with Gasteiger partial charge in [0.2, 0.25) is 5.91 Å². The average molecular weight is 314 g/mol. The van der Waals surface area contributed by atoms with Crippen molar-refractivity contribution in [3.05, 3.63) is 42.5 Å². The van der Waals surface area contributed by atoms with Gasteiger partial charge in [-0.15, -0.1) is 0 Å². The molecule has 1 atom stereocenters. The molecule has 1 aliphatic rings. The fraction of sp³-hybridized carbons (Fsp3) is 0.471. The van der Waals surface area contributed by atoms with Crippen molar-refractivity contribution in [3.63, 3.8) is 0 Å². The summed E-state index contributed by atoms with van der Waals surface area (Å²) in [5, 5.41) is 4.14. The Balaban J connectivity index is 1.67. The number of nitrogens with zero attached hydrogens (tertiary/aromatic N) is 4. The highest BCUT2D eigenvalue weighted by atomic mass is 16.5. The lowest BCUT2D eigenvalue weighted by Gasteiger charge is -2.25. The molecule has 6 nitrogen and oxygen atoms in total. The van der Waals surface area contributed by atoms with Crippen molar-refractivity contribution in [2.75, 3.05) is 18.1 Å². The Morgan fingerprint density at radius 2 is 2.26 bits per heavy atom. The fourth-order valence-corrected chi connectivity index (χ4v) is 2.85. The topological polar surface area (TPSA) is 60.2 Å². The zero-order chi connectivity index (χ0) is 16.1. The first-order valence-electron chi connectivity index (χ1n) is 8.02. The summed E-state index contributed by atoms with van der Waals surface area (Å²) in [6.07, 6.45) is 10.6. The molecule has 0 saturated carbocycles. The van der Waals surface area contributed by atoms with Crippen LogP contribution in [0.2, 0.25) is 0 Å². The summed E-state index contributed by atoms with van der Waals surface area (Å²) in [4.78, 5) is 18.6. The lowest BCUT2D eigenvalue weighted by molar-refractivity contribution is -0.119. The smallest absolute Gasteiger partial charge is 0.227 e. The molecule has 6 heteroatoms. The molecule has 0 bridgehead atoms. The second-order valence-electron chi connectivity index (χ2n) is 5.87. The predicted octanol–water partition coefficient (Wildman–Crippen LogP) is 1.96. The molecule has 1 fully saturated rings. The molecule has 2 aromatic heterocycles. The third kappa shape index (κ3) is 4.16. The van der Waals surface area contributed by atoms with E-state index in [1.54, 1.807) is 17.1 Å². The maximum absolute atomic E-state index is 12.7. The first kappa shape index (κ1) is 15.7. The van der Waals surface area contributed by atoms with E-state index in [1.165, 1.54) is 0 Å². The molecule has 1 amide bonds. The maximum atomic E-state index is 12.7. The van der Waals surface area contributed by atoms with Gasteiger partial charge in [-0.2, -0.15) is 5.10 Å². The molecule has 0 aliphatic carbocycles. The van der Waals surface area contributed by atoms with Gasteiger partial charge in [0.05, 0.1) is 18.8 Å². The lowest BCUT2D eigenvalue weighted by Crippen LogP contribution is -2.37. The number of hydrogen-bond donors (Lipinski definition) is 0. The highest BCUT2D eigenvalue weighted by Crippen LogP contribution is 2.20. The minimum atomic E-state index is 0.107. The molecule has 1 saturated heterocycles. The van der Waals surface area contributed by atoms with Crippen LogP contribution in [0, 0.1) is 0 Å². The predicted molar refractivity (Wildman–Crippen MR) is 87.1 cm³/mol. The summed E-state index contributed by atoms with van der Waals surface area (Å²) in [6, 6.07) is 3.74. The molecule has 2 aromatic rings. The number of rotatable bonds is 6. The molecule has 1 unspecified atom stereocenters. The van der Waals surface area contributed by atoms with Crippen LogP contribution in [0.15, 0.2) is 36.9 Å². The summed E-state index contributed by atoms with van der Waals surface area (Å²) in [7, 11) is 1.88. The highest BCUT2D eigenvalue weighted by Gasteiger charge is 2.23. The quantitative estimate of drug-likeness (QED) is 0.818. The van der Waals surface area contributed by atoms with Crippen molar-refractivity contribution < 1.29 is 9.53 Å². The number of hydrogen-bond acceptors (Lipinski definition) is 4. The summed E-state index contributed by atoms with van der Waals surface area (Å²) in [6.45, 7) is 1.40. The number of aryl methyl sites for hydroxylation is 2. The largest absolute Gasteiger partial charge is 0.376 e. The molecule has 0 spiro atoms. The molecule has 122 valence electrons. The van der Waals surface area contributed by atoms with E-state index in [0.29, 0.717) is 19.4 Å². The normalized spacial score (nSPS) is 17.3. The van der Waals surface area contributed by atoms with E-state index < -0.39 is 0 Å². The second kappa shape index (κ2) is 7.37. The molecule has 3 rings (SSSR count). The van der Waals surface area contributed by atoms with Gasteiger partial charge < -0.3 is 9.64 Å². The number of anilines is 1. The molecular formula is C17H22N4O2. The first-order chi connectivity index (χ1) is 11.2. The average Bonchev–Trinajstić information content (AvgIpc) is 3.23. The number of amides is 1. The summed E-state index contributed by atoms with van der Waals surface area (Å²) in [5.74, 6) is 0.107. The van der Waals surface area contributed by atoms with Gasteiger partial charge >= 0.3 is 0 Å². The van der Waals surface area contributed by atoms with Crippen LogP contribution in [0.4, 0.5) is 5.69 Å². The van der Waals surface area contributed by atoms with Crippen molar-refractivity contribution in [1.29, 1.82) is 0 Å². The summed E-state index contributed by atoms with van der Waals surface area (Å²) >= 11 is 0. The Bertz CT molecular complexity index is 635. The Morgan fingerprint density at radius 3 is 2.91 bits per heavy atom. The molecule has 0 aromatic carbocycles. The molecule has 3 heterocycles. The second-order valence-corrected chi connectivity index (χ2v) is 5.87. The Morgan fingerprint density at radius 1 is 1.43 bits per heavy atom. The number of ether oxygens (including phenoxy) is 1. The SMILES string of the molecule is Cn1cc(CCC(=O)N(CC2CCCO2)c2ccncc2)cn1. The van der Waals surface area contributed by atoms with E-state index in [-0.39, 0.29) is 12.0 Å². The van der Waals surface area contributed by atoms with Crippen LogP contribution >= 0.6 is 0 Å². The standard InChI is InChI=1S/C17H22N4O2/c1-20-12-14(11-19-20)4-5-17(22)21(13-16-3-2-10-23-16)15-6-8-18-9-7-15/h6-9,11-12,16H,2-5,10,13H2,1H3. The van der Waals surface area contributed by atoms with Gasteiger partial charge in [-0.1, -0.05) is 0 Å². The van der Waals surface area contributed by atoms with Gasteiger partial charge in [-0.3, -0.25) is 14.5 Å². The van der Waals surface area contributed by atoms with Gasteiger partial charge in [0, 0.05) is 44.4 Å². The van der Waals surface area contributed by atoms with E-state index in [2.05, 4.69) is 10.1 Å². The first-order valence-corrected chi connectivity index (χ1v) is 8.02. The van der Waals surface area contributed by atoms with Gasteiger partial charge in [0.25, 0.3) is 0 Å². The Kier molecular flexibility index (Phi) is 5.02. The summed E-state index contributed by atoms with van der Waals surface area (Å²) in [5.41, 5.74) is 1.96. The van der Waals surface area contributed by atoms with Gasteiger partial charge in [0.1, 0.15) is 0 Å². The zero-order valence-corrected chi connectivity index (χ0v) is 13.4. The maximum Gasteiger partial charge on any atom is 0.227 e. The van der Waals surface area contributed by atoms with E-state index in [9.17, 15) is 4.79 Å². The lowest BCUT2D eigenvalue weighted by atomic mass is 10.1.